The molecule has 1 aromatic carbocycles. The molecule has 0 saturated carbocycles. The van der Waals surface area contributed by atoms with Gasteiger partial charge >= 0.3 is 0 Å². The minimum atomic E-state index is 0.660. The summed E-state index contributed by atoms with van der Waals surface area (Å²) in [6.07, 6.45) is 3.48. The van der Waals surface area contributed by atoms with E-state index in [-0.39, 0.29) is 0 Å². The third kappa shape index (κ3) is 1.71. The molecule has 0 aliphatic rings. The van der Waals surface area contributed by atoms with Crippen molar-refractivity contribution in [2.75, 3.05) is 0 Å². The predicted molar refractivity (Wildman–Crippen MR) is 71.2 cm³/mol. The van der Waals surface area contributed by atoms with Gasteiger partial charge in [-0.25, -0.2) is 0 Å². The molecule has 2 aromatic heterocycles. The molecule has 0 unspecified atom stereocenters. The number of para-hydroxylation sites is 1. The summed E-state index contributed by atoms with van der Waals surface area (Å²) in [7, 11) is 2.05. The number of rotatable bonds is 1. The maximum atomic E-state index is 5.97. The summed E-state index contributed by atoms with van der Waals surface area (Å²) in [5, 5.41) is 1.89. The number of aromatic nitrogens is 2. The molecule has 17 heavy (non-hydrogen) atoms. The van der Waals surface area contributed by atoms with E-state index in [1.807, 2.05) is 24.4 Å². The van der Waals surface area contributed by atoms with Crippen molar-refractivity contribution in [2.45, 2.75) is 0 Å². The molecule has 3 heteroatoms. The number of benzene rings is 1. The van der Waals surface area contributed by atoms with Crippen LogP contribution in [0.2, 0.25) is 5.02 Å². The van der Waals surface area contributed by atoms with E-state index in [2.05, 4.69) is 34.8 Å². The SMILES string of the molecule is Cn1c(-c2cncc(Cl)c2)cc2ccccc21. The summed E-state index contributed by atoms with van der Waals surface area (Å²) in [5.41, 5.74) is 3.37. The Labute approximate surface area is 104 Å². The Balaban J connectivity index is 2.27. The molecule has 84 valence electrons. The van der Waals surface area contributed by atoms with Gasteiger partial charge in [-0.3, -0.25) is 4.98 Å². The molecular formula is C14H11ClN2. The van der Waals surface area contributed by atoms with Crippen LogP contribution in [0.3, 0.4) is 0 Å². The Morgan fingerprint density at radius 3 is 2.71 bits per heavy atom. The van der Waals surface area contributed by atoms with E-state index >= 15 is 0 Å². The average molecular weight is 243 g/mol. The maximum absolute atomic E-state index is 5.97. The molecule has 0 atom stereocenters. The summed E-state index contributed by atoms with van der Waals surface area (Å²) >= 11 is 5.97. The lowest BCUT2D eigenvalue weighted by molar-refractivity contribution is 0.977. The number of pyridine rings is 1. The van der Waals surface area contributed by atoms with Crippen LogP contribution in [-0.4, -0.2) is 9.55 Å². The van der Waals surface area contributed by atoms with Gasteiger partial charge in [-0.15, -0.1) is 0 Å². The molecular weight excluding hydrogens is 232 g/mol. The third-order valence-corrected chi connectivity index (χ3v) is 3.16. The van der Waals surface area contributed by atoms with Crippen LogP contribution in [0.4, 0.5) is 0 Å². The van der Waals surface area contributed by atoms with Crippen molar-refractivity contribution >= 4 is 22.5 Å². The lowest BCUT2D eigenvalue weighted by Crippen LogP contribution is -1.91. The summed E-state index contributed by atoms with van der Waals surface area (Å²) in [4.78, 5) is 4.13. The van der Waals surface area contributed by atoms with Crippen LogP contribution < -0.4 is 0 Å². The van der Waals surface area contributed by atoms with Crippen LogP contribution >= 0.6 is 11.6 Å². The van der Waals surface area contributed by atoms with E-state index in [1.54, 1.807) is 6.20 Å². The van der Waals surface area contributed by atoms with Gasteiger partial charge in [0.05, 0.1) is 10.7 Å². The highest BCUT2D eigenvalue weighted by Crippen LogP contribution is 2.27. The van der Waals surface area contributed by atoms with Crippen LogP contribution in [0.25, 0.3) is 22.2 Å². The topological polar surface area (TPSA) is 17.8 Å². The molecule has 0 saturated heterocycles. The Morgan fingerprint density at radius 1 is 1.12 bits per heavy atom. The van der Waals surface area contributed by atoms with E-state index in [4.69, 9.17) is 11.6 Å². The van der Waals surface area contributed by atoms with E-state index in [1.165, 1.54) is 10.9 Å². The first-order chi connectivity index (χ1) is 8.25. The first kappa shape index (κ1) is 10.4. The second-order valence-corrected chi connectivity index (χ2v) is 4.48. The van der Waals surface area contributed by atoms with E-state index in [9.17, 15) is 0 Å². The van der Waals surface area contributed by atoms with Crippen LogP contribution in [0.5, 0.6) is 0 Å². The molecule has 0 aliphatic heterocycles. The zero-order chi connectivity index (χ0) is 11.8. The van der Waals surface area contributed by atoms with Crippen molar-refractivity contribution in [1.82, 2.24) is 9.55 Å². The van der Waals surface area contributed by atoms with Crippen molar-refractivity contribution in [2.24, 2.45) is 7.05 Å². The Hall–Kier alpha value is -1.80. The molecule has 2 nitrogen and oxygen atoms in total. The van der Waals surface area contributed by atoms with Gasteiger partial charge in [-0.1, -0.05) is 29.8 Å². The Kier molecular flexibility index (Phi) is 2.37. The van der Waals surface area contributed by atoms with Gasteiger partial charge in [-0.05, 0) is 18.2 Å². The monoisotopic (exact) mass is 242 g/mol. The van der Waals surface area contributed by atoms with Gasteiger partial charge in [0.1, 0.15) is 0 Å². The van der Waals surface area contributed by atoms with Crippen molar-refractivity contribution < 1.29 is 0 Å². The number of hydrogen-bond acceptors (Lipinski definition) is 1. The van der Waals surface area contributed by atoms with Gasteiger partial charge in [0.2, 0.25) is 0 Å². The number of aryl methyl sites for hydroxylation is 1. The summed E-state index contributed by atoms with van der Waals surface area (Å²) < 4.78 is 2.16. The summed E-state index contributed by atoms with van der Waals surface area (Å²) in [6.45, 7) is 0. The zero-order valence-corrected chi connectivity index (χ0v) is 10.1. The fourth-order valence-corrected chi connectivity index (χ4v) is 2.29. The van der Waals surface area contributed by atoms with Gasteiger partial charge in [0.25, 0.3) is 0 Å². The predicted octanol–water partition coefficient (Wildman–Crippen LogP) is 3.89. The van der Waals surface area contributed by atoms with E-state index < -0.39 is 0 Å². The molecule has 2 heterocycles. The number of fused-ring (bicyclic) bond motifs is 1. The van der Waals surface area contributed by atoms with Crippen LogP contribution in [-0.2, 0) is 7.05 Å². The Morgan fingerprint density at radius 2 is 1.94 bits per heavy atom. The highest BCUT2D eigenvalue weighted by Gasteiger charge is 2.07. The highest BCUT2D eigenvalue weighted by molar-refractivity contribution is 6.30. The summed E-state index contributed by atoms with van der Waals surface area (Å²) in [6, 6.07) is 12.4. The number of hydrogen-bond donors (Lipinski definition) is 0. The molecule has 3 rings (SSSR count). The quantitative estimate of drug-likeness (QED) is 0.633. The van der Waals surface area contributed by atoms with E-state index in [0.717, 1.165) is 11.3 Å². The smallest absolute Gasteiger partial charge is 0.0596 e. The molecule has 0 bridgehead atoms. The van der Waals surface area contributed by atoms with Gasteiger partial charge in [0, 0.05) is 35.9 Å². The van der Waals surface area contributed by atoms with Gasteiger partial charge in [-0.2, -0.15) is 0 Å². The molecule has 0 fully saturated rings. The summed E-state index contributed by atoms with van der Waals surface area (Å²) in [5.74, 6) is 0. The van der Waals surface area contributed by atoms with Gasteiger partial charge in [0.15, 0.2) is 0 Å². The normalized spacial score (nSPS) is 10.9. The minimum Gasteiger partial charge on any atom is -0.344 e. The fraction of sp³-hybridized carbons (Fsp3) is 0.0714. The highest BCUT2D eigenvalue weighted by atomic mass is 35.5. The maximum Gasteiger partial charge on any atom is 0.0596 e. The standard InChI is InChI=1S/C14H11ClN2/c1-17-13-5-3-2-4-10(13)7-14(17)11-6-12(15)9-16-8-11/h2-9H,1H3. The first-order valence-corrected chi connectivity index (χ1v) is 5.79. The largest absolute Gasteiger partial charge is 0.344 e. The molecule has 0 amide bonds. The number of nitrogens with zero attached hydrogens (tertiary/aromatic N) is 2. The lowest BCUT2D eigenvalue weighted by Gasteiger charge is -2.04. The molecule has 0 N–H and O–H groups in total. The first-order valence-electron chi connectivity index (χ1n) is 5.41. The lowest BCUT2D eigenvalue weighted by atomic mass is 10.2. The zero-order valence-electron chi connectivity index (χ0n) is 9.39. The second kappa shape index (κ2) is 3.90. The van der Waals surface area contributed by atoms with Crippen molar-refractivity contribution in [3.8, 4) is 11.3 Å². The molecule has 0 radical (unpaired) electrons. The minimum absolute atomic E-state index is 0.660. The molecule has 0 spiro atoms. The third-order valence-electron chi connectivity index (χ3n) is 2.95. The second-order valence-electron chi connectivity index (χ2n) is 4.04. The average Bonchev–Trinajstić information content (AvgIpc) is 2.68. The molecule has 3 aromatic rings. The van der Waals surface area contributed by atoms with Crippen molar-refractivity contribution in [1.29, 1.82) is 0 Å². The van der Waals surface area contributed by atoms with Crippen molar-refractivity contribution in [3.63, 3.8) is 0 Å². The Bertz CT molecular complexity index is 686. The number of halogens is 1. The fourth-order valence-electron chi connectivity index (χ4n) is 2.12. The van der Waals surface area contributed by atoms with Crippen LogP contribution in [0.1, 0.15) is 0 Å². The van der Waals surface area contributed by atoms with Crippen LogP contribution in [0.15, 0.2) is 48.8 Å². The van der Waals surface area contributed by atoms with Crippen LogP contribution in [0, 0.1) is 0 Å². The van der Waals surface area contributed by atoms with E-state index in [0.29, 0.717) is 5.02 Å². The van der Waals surface area contributed by atoms with Crippen molar-refractivity contribution in [3.05, 3.63) is 53.8 Å². The molecule has 0 aliphatic carbocycles. The van der Waals surface area contributed by atoms with Gasteiger partial charge < -0.3 is 4.57 Å².